The van der Waals surface area contributed by atoms with Gasteiger partial charge in [0.15, 0.2) is 10.9 Å². The van der Waals surface area contributed by atoms with Crippen molar-refractivity contribution in [2.24, 2.45) is 5.10 Å². The number of hydrogen-bond donors (Lipinski definition) is 2. The van der Waals surface area contributed by atoms with Crippen molar-refractivity contribution in [2.75, 3.05) is 6.54 Å². The van der Waals surface area contributed by atoms with E-state index in [1.165, 1.54) is 35.3 Å². The molecule has 0 aliphatic carbocycles. The minimum atomic E-state index is -4.73. The smallest absolute Gasteiger partial charge is 0.406 e. The molecule has 0 aliphatic heterocycles. The number of thiocarbonyl (C=S) groups is 1. The van der Waals surface area contributed by atoms with Gasteiger partial charge in [0, 0.05) is 12.1 Å². The lowest BCUT2D eigenvalue weighted by molar-refractivity contribution is -0.274. The molecule has 0 fully saturated rings. The van der Waals surface area contributed by atoms with Crippen molar-refractivity contribution in [3.8, 4) is 22.8 Å². The Balaban J connectivity index is 1.56. The zero-order valence-corrected chi connectivity index (χ0v) is 18.7. The van der Waals surface area contributed by atoms with Crippen molar-refractivity contribution in [3.63, 3.8) is 0 Å². The SMILES string of the molecule is CCCCCNC(=S)N/N=C/c1ccc(-c2ncn(-c3ccc(OC(F)(F)F)cc3)n2)cc1. The summed E-state index contributed by atoms with van der Waals surface area (Å²) in [4.78, 5) is 4.27. The van der Waals surface area contributed by atoms with E-state index in [-0.39, 0.29) is 5.75 Å². The van der Waals surface area contributed by atoms with E-state index < -0.39 is 6.36 Å². The van der Waals surface area contributed by atoms with E-state index in [1.807, 2.05) is 24.3 Å². The summed E-state index contributed by atoms with van der Waals surface area (Å²) in [5.74, 6) is 0.177. The van der Waals surface area contributed by atoms with Gasteiger partial charge in [0.1, 0.15) is 12.1 Å². The Bertz CT molecular complexity index is 1060. The highest BCUT2D eigenvalue weighted by molar-refractivity contribution is 7.80. The van der Waals surface area contributed by atoms with Crippen LogP contribution in [0, 0.1) is 0 Å². The van der Waals surface area contributed by atoms with E-state index in [2.05, 4.69) is 37.6 Å². The number of hydrogen-bond acceptors (Lipinski definition) is 5. The molecule has 174 valence electrons. The topological polar surface area (TPSA) is 76.4 Å². The third-order valence-electron chi connectivity index (χ3n) is 4.44. The van der Waals surface area contributed by atoms with E-state index >= 15 is 0 Å². The van der Waals surface area contributed by atoms with Crippen LogP contribution in [0.3, 0.4) is 0 Å². The highest BCUT2D eigenvalue weighted by Gasteiger charge is 2.31. The molecule has 3 aromatic rings. The van der Waals surface area contributed by atoms with Gasteiger partial charge in [-0.05, 0) is 48.5 Å². The normalized spacial score (nSPS) is 11.5. The molecule has 33 heavy (non-hydrogen) atoms. The molecule has 0 saturated heterocycles. The average Bonchev–Trinajstić information content (AvgIpc) is 3.27. The van der Waals surface area contributed by atoms with Crippen molar-refractivity contribution in [3.05, 3.63) is 60.4 Å². The molecule has 1 heterocycles. The van der Waals surface area contributed by atoms with Crippen molar-refractivity contribution < 1.29 is 17.9 Å². The molecule has 0 radical (unpaired) electrons. The standard InChI is InChI=1S/C22H23F3N6OS/c1-2-3-4-13-26-21(33)29-28-14-16-5-7-17(8-6-16)20-27-15-31(30-20)18-9-11-19(12-10-18)32-22(23,24)25/h5-12,14-15H,2-4,13H2,1H3,(H2,26,29,33)/b28-14+. The summed E-state index contributed by atoms with van der Waals surface area (Å²) < 4.78 is 42.2. The lowest BCUT2D eigenvalue weighted by atomic mass is 10.1. The van der Waals surface area contributed by atoms with E-state index in [1.54, 1.807) is 6.21 Å². The van der Waals surface area contributed by atoms with Crippen molar-refractivity contribution in [1.29, 1.82) is 0 Å². The maximum Gasteiger partial charge on any atom is 0.573 e. The fraction of sp³-hybridized carbons (Fsp3) is 0.273. The minimum Gasteiger partial charge on any atom is -0.406 e. The van der Waals surface area contributed by atoms with E-state index in [0.717, 1.165) is 36.9 Å². The van der Waals surface area contributed by atoms with Gasteiger partial charge in [-0.15, -0.1) is 18.3 Å². The Morgan fingerprint density at radius 2 is 1.85 bits per heavy atom. The molecule has 0 spiro atoms. The fourth-order valence-electron chi connectivity index (χ4n) is 2.82. The molecule has 7 nitrogen and oxygen atoms in total. The number of nitrogens with one attached hydrogen (secondary N) is 2. The van der Waals surface area contributed by atoms with Crippen LogP contribution < -0.4 is 15.5 Å². The molecule has 2 aromatic carbocycles. The van der Waals surface area contributed by atoms with Gasteiger partial charge in [-0.25, -0.2) is 9.67 Å². The predicted molar refractivity (Wildman–Crippen MR) is 124 cm³/mol. The zero-order valence-electron chi connectivity index (χ0n) is 17.8. The maximum atomic E-state index is 12.3. The number of halogens is 3. The average molecular weight is 477 g/mol. The third-order valence-corrected chi connectivity index (χ3v) is 4.68. The lowest BCUT2D eigenvalue weighted by Gasteiger charge is -2.09. The zero-order chi connectivity index (χ0) is 23.7. The van der Waals surface area contributed by atoms with Gasteiger partial charge in [0.25, 0.3) is 0 Å². The van der Waals surface area contributed by atoms with E-state index in [4.69, 9.17) is 12.2 Å². The number of nitrogens with zero attached hydrogens (tertiary/aromatic N) is 4. The molecular weight excluding hydrogens is 453 g/mol. The van der Waals surface area contributed by atoms with Crippen LogP contribution in [0.2, 0.25) is 0 Å². The van der Waals surface area contributed by atoms with Crippen molar-refractivity contribution >= 4 is 23.5 Å². The van der Waals surface area contributed by atoms with Crippen LogP contribution in [0.25, 0.3) is 17.1 Å². The number of aromatic nitrogens is 3. The fourth-order valence-corrected chi connectivity index (χ4v) is 2.98. The third kappa shape index (κ3) is 7.86. The van der Waals surface area contributed by atoms with Crippen molar-refractivity contribution in [2.45, 2.75) is 32.5 Å². The predicted octanol–water partition coefficient (Wildman–Crippen LogP) is 4.82. The largest absolute Gasteiger partial charge is 0.573 e. The molecule has 0 unspecified atom stereocenters. The van der Waals surface area contributed by atoms with E-state index in [0.29, 0.717) is 16.6 Å². The van der Waals surface area contributed by atoms with Crippen LogP contribution in [0.15, 0.2) is 60.0 Å². The quantitative estimate of drug-likeness (QED) is 0.200. The molecular formula is C22H23F3N6OS. The maximum absolute atomic E-state index is 12.3. The molecule has 0 bridgehead atoms. The first-order chi connectivity index (χ1) is 15.8. The van der Waals surface area contributed by atoms with Gasteiger partial charge in [0.2, 0.25) is 0 Å². The Labute approximate surface area is 194 Å². The number of ether oxygens (including phenoxy) is 1. The van der Waals surface area contributed by atoms with Gasteiger partial charge >= 0.3 is 6.36 Å². The summed E-state index contributed by atoms with van der Waals surface area (Å²) in [5.41, 5.74) is 4.98. The van der Waals surface area contributed by atoms with Crippen LogP contribution in [0.5, 0.6) is 5.75 Å². The van der Waals surface area contributed by atoms with Crippen LogP contribution in [0.4, 0.5) is 13.2 Å². The van der Waals surface area contributed by atoms with Crippen LogP contribution >= 0.6 is 12.2 Å². The first-order valence-electron chi connectivity index (χ1n) is 10.3. The summed E-state index contributed by atoms with van der Waals surface area (Å²) in [5, 5.41) is 12.1. The van der Waals surface area contributed by atoms with Crippen LogP contribution in [0.1, 0.15) is 31.7 Å². The molecule has 1 aromatic heterocycles. The molecule has 0 atom stereocenters. The summed E-state index contributed by atoms with van der Waals surface area (Å²) in [6, 6.07) is 12.8. The molecule has 3 rings (SSSR count). The Hall–Kier alpha value is -3.47. The highest BCUT2D eigenvalue weighted by atomic mass is 32.1. The van der Waals surface area contributed by atoms with Gasteiger partial charge in [-0.1, -0.05) is 44.0 Å². The van der Waals surface area contributed by atoms with Crippen molar-refractivity contribution in [1.82, 2.24) is 25.5 Å². The summed E-state index contributed by atoms with van der Waals surface area (Å²) in [6.07, 6.45) is 1.78. The number of rotatable bonds is 9. The Kier molecular flexibility index (Phi) is 8.36. The molecule has 0 amide bonds. The molecule has 0 aliphatic rings. The van der Waals surface area contributed by atoms with Gasteiger partial charge in [-0.3, -0.25) is 5.43 Å². The van der Waals surface area contributed by atoms with Gasteiger partial charge in [-0.2, -0.15) is 5.10 Å². The summed E-state index contributed by atoms with van der Waals surface area (Å²) in [7, 11) is 0. The summed E-state index contributed by atoms with van der Waals surface area (Å²) in [6.45, 7) is 2.96. The van der Waals surface area contributed by atoms with Crippen LogP contribution in [-0.4, -0.2) is 39.0 Å². The molecule has 11 heteroatoms. The van der Waals surface area contributed by atoms with Gasteiger partial charge < -0.3 is 10.1 Å². The monoisotopic (exact) mass is 476 g/mol. The second kappa shape index (κ2) is 11.4. The summed E-state index contributed by atoms with van der Waals surface area (Å²) >= 11 is 5.16. The molecule has 0 saturated carbocycles. The molecule has 2 N–H and O–H groups in total. The van der Waals surface area contributed by atoms with Gasteiger partial charge in [0.05, 0.1) is 11.9 Å². The van der Waals surface area contributed by atoms with E-state index in [9.17, 15) is 13.2 Å². The number of unbranched alkanes of at least 4 members (excludes halogenated alkanes) is 2. The Morgan fingerprint density at radius 1 is 1.12 bits per heavy atom. The second-order valence-electron chi connectivity index (χ2n) is 7.01. The minimum absolute atomic E-state index is 0.300. The number of benzene rings is 2. The second-order valence-corrected chi connectivity index (χ2v) is 7.42. The number of alkyl halides is 3. The lowest BCUT2D eigenvalue weighted by Crippen LogP contribution is -2.32. The first-order valence-corrected chi connectivity index (χ1v) is 10.7. The Morgan fingerprint density at radius 3 is 2.52 bits per heavy atom. The van der Waals surface area contributed by atoms with Crippen LogP contribution in [-0.2, 0) is 0 Å². The number of hydrazone groups is 1. The first kappa shape index (κ1) is 24.2. The highest BCUT2D eigenvalue weighted by Crippen LogP contribution is 2.24.